The van der Waals surface area contributed by atoms with E-state index in [0.29, 0.717) is 13.0 Å². The van der Waals surface area contributed by atoms with E-state index >= 15 is 0 Å². The van der Waals surface area contributed by atoms with E-state index < -0.39 is 0 Å². The molecule has 3 heteroatoms. The van der Waals surface area contributed by atoms with Crippen LogP contribution in [0.5, 0.6) is 0 Å². The van der Waals surface area contributed by atoms with Crippen molar-refractivity contribution in [2.24, 2.45) is 0 Å². The molecular weight excluding hydrogens is 169 g/mol. The van der Waals surface area contributed by atoms with Gasteiger partial charge in [0.2, 0.25) is 0 Å². The van der Waals surface area contributed by atoms with Crippen molar-refractivity contribution in [1.29, 1.82) is 0 Å². The lowest BCUT2D eigenvalue weighted by atomic mass is 10.3. The highest BCUT2D eigenvalue weighted by molar-refractivity contribution is 5.87. The first-order chi connectivity index (χ1) is 6.25. The Morgan fingerprint density at radius 2 is 1.92 bits per heavy atom. The maximum atomic E-state index is 12.6. The first-order valence-corrected chi connectivity index (χ1v) is 4.28. The molecule has 1 aromatic rings. The smallest absolute Gasteiger partial charge is 0.153 e. The summed E-state index contributed by atoms with van der Waals surface area (Å²) in [7, 11) is 0. The van der Waals surface area contributed by atoms with E-state index in [-0.39, 0.29) is 11.6 Å². The van der Waals surface area contributed by atoms with Crippen molar-refractivity contribution < 1.29 is 9.18 Å². The Hall–Kier alpha value is -1.38. The van der Waals surface area contributed by atoms with Gasteiger partial charge in [-0.15, -0.1) is 0 Å². The molecule has 0 atom stereocenters. The van der Waals surface area contributed by atoms with Crippen LogP contribution in [-0.2, 0) is 4.79 Å². The van der Waals surface area contributed by atoms with Crippen LogP contribution in [-0.4, -0.2) is 18.9 Å². The summed E-state index contributed by atoms with van der Waals surface area (Å²) in [5, 5.41) is 0. The van der Waals surface area contributed by atoms with Gasteiger partial charge in [0.05, 0.1) is 6.54 Å². The number of carbonyl (C=O) groups excluding carboxylic acids is 1. The molecule has 0 aliphatic carbocycles. The number of nitrogens with zero attached hydrogens (tertiary/aromatic N) is 1. The van der Waals surface area contributed by atoms with Crippen LogP contribution in [0.4, 0.5) is 10.1 Å². The molecule has 0 spiro atoms. The van der Waals surface area contributed by atoms with Gasteiger partial charge in [0.1, 0.15) is 5.82 Å². The van der Waals surface area contributed by atoms with E-state index in [0.717, 1.165) is 12.2 Å². The predicted octanol–water partition coefficient (Wildman–Crippen LogP) is 1.60. The van der Waals surface area contributed by atoms with Crippen LogP contribution in [0.15, 0.2) is 24.3 Å². The van der Waals surface area contributed by atoms with Crippen LogP contribution in [0.25, 0.3) is 0 Å². The fourth-order valence-electron chi connectivity index (χ4n) is 1.50. The number of benzene rings is 1. The lowest BCUT2D eigenvalue weighted by molar-refractivity contribution is -0.116. The Morgan fingerprint density at radius 3 is 2.46 bits per heavy atom. The lowest BCUT2D eigenvalue weighted by Crippen LogP contribution is -2.19. The number of anilines is 1. The lowest BCUT2D eigenvalue weighted by Gasteiger charge is -2.15. The Labute approximate surface area is 76.0 Å². The summed E-state index contributed by atoms with van der Waals surface area (Å²) in [4.78, 5) is 12.9. The van der Waals surface area contributed by atoms with E-state index in [1.807, 2.05) is 4.90 Å². The predicted molar refractivity (Wildman–Crippen MR) is 48.2 cm³/mol. The number of Topliss-reactive ketones (excluding diaryl/α,β-unsaturated/α-hetero) is 1. The zero-order valence-corrected chi connectivity index (χ0v) is 7.16. The Kier molecular flexibility index (Phi) is 2.00. The van der Waals surface area contributed by atoms with Crippen molar-refractivity contribution in [3.05, 3.63) is 30.1 Å². The van der Waals surface area contributed by atoms with E-state index in [9.17, 15) is 9.18 Å². The maximum Gasteiger partial charge on any atom is 0.153 e. The highest BCUT2D eigenvalue weighted by atomic mass is 19.1. The first-order valence-electron chi connectivity index (χ1n) is 4.28. The monoisotopic (exact) mass is 179 g/mol. The molecule has 2 nitrogen and oxygen atoms in total. The SMILES string of the molecule is O=C1CCN(c2ccc(F)cc2)C1. The van der Waals surface area contributed by atoms with Gasteiger partial charge in [-0.2, -0.15) is 0 Å². The minimum absolute atomic E-state index is 0.241. The third-order valence-electron chi connectivity index (χ3n) is 2.22. The third kappa shape index (κ3) is 1.69. The zero-order valence-electron chi connectivity index (χ0n) is 7.16. The van der Waals surface area contributed by atoms with Crippen LogP contribution in [0.2, 0.25) is 0 Å². The van der Waals surface area contributed by atoms with Gasteiger partial charge in [0.25, 0.3) is 0 Å². The van der Waals surface area contributed by atoms with Gasteiger partial charge >= 0.3 is 0 Å². The van der Waals surface area contributed by atoms with Crippen LogP contribution >= 0.6 is 0 Å². The molecule has 0 N–H and O–H groups in total. The minimum Gasteiger partial charge on any atom is -0.364 e. The van der Waals surface area contributed by atoms with Gasteiger partial charge in [-0.1, -0.05) is 0 Å². The number of ketones is 1. The second kappa shape index (κ2) is 3.17. The average Bonchev–Trinajstić information content (AvgIpc) is 2.53. The molecule has 0 amide bonds. The number of carbonyl (C=O) groups is 1. The summed E-state index contributed by atoms with van der Waals surface area (Å²) in [5.74, 6) is 0.0126. The molecule has 0 bridgehead atoms. The topological polar surface area (TPSA) is 20.3 Å². The van der Waals surface area contributed by atoms with Crippen molar-refractivity contribution in [2.75, 3.05) is 18.0 Å². The first kappa shape index (κ1) is 8.23. The minimum atomic E-state index is -0.241. The van der Waals surface area contributed by atoms with Gasteiger partial charge in [0.15, 0.2) is 5.78 Å². The van der Waals surface area contributed by atoms with Crippen molar-refractivity contribution in [2.45, 2.75) is 6.42 Å². The summed E-state index contributed by atoms with van der Waals surface area (Å²) in [6, 6.07) is 6.23. The van der Waals surface area contributed by atoms with Crippen molar-refractivity contribution in [3.8, 4) is 0 Å². The molecule has 1 aromatic carbocycles. The zero-order chi connectivity index (χ0) is 9.26. The van der Waals surface area contributed by atoms with Crippen LogP contribution in [0, 0.1) is 5.82 Å². The highest BCUT2D eigenvalue weighted by Crippen LogP contribution is 2.18. The van der Waals surface area contributed by atoms with E-state index in [4.69, 9.17) is 0 Å². The standard InChI is InChI=1S/C10H10FNO/c11-8-1-3-9(4-2-8)12-6-5-10(13)7-12/h1-4H,5-7H2. The molecule has 0 unspecified atom stereocenters. The van der Waals surface area contributed by atoms with Gasteiger partial charge in [-0.25, -0.2) is 4.39 Å². The fourth-order valence-corrected chi connectivity index (χ4v) is 1.50. The second-order valence-corrected chi connectivity index (χ2v) is 3.19. The van der Waals surface area contributed by atoms with Gasteiger partial charge in [0, 0.05) is 18.7 Å². The van der Waals surface area contributed by atoms with Gasteiger partial charge in [-0.3, -0.25) is 4.79 Å². The third-order valence-corrected chi connectivity index (χ3v) is 2.22. The second-order valence-electron chi connectivity index (χ2n) is 3.19. The summed E-state index contributed by atoms with van der Waals surface area (Å²) in [6.07, 6.45) is 0.609. The summed E-state index contributed by atoms with van der Waals surface area (Å²) in [5.41, 5.74) is 0.923. The molecule has 68 valence electrons. The normalized spacial score (nSPS) is 16.7. The number of rotatable bonds is 1. The fraction of sp³-hybridized carbons (Fsp3) is 0.300. The summed E-state index contributed by atoms with van der Waals surface area (Å²) < 4.78 is 12.6. The molecule has 0 aromatic heterocycles. The van der Waals surface area contributed by atoms with E-state index in [1.54, 1.807) is 12.1 Å². The molecule has 1 aliphatic rings. The van der Waals surface area contributed by atoms with Crippen LogP contribution in [0.1, 0.15) is 6.42 Å². The van der Waals surface area contributed by atoms with E-state index in [2.05, 4.69) is 0 Å². The Morgan fingerprint density at radius 1 is 1.23 bits per heavy atom. The van der Waals surface area contributed by atoms with Crippen molar-refractivity contribution in [3.63, 3.8) is 0 Å². The average molecular weight is 179 g/mol. The Balaban J connectivity index is 2.17. The molecule has 13 heavy (non-hydrogen) atoms. The summed E-state index contributed by atoms with van der Waals surface area (Å²) >= 11 is 0. The molecule has 0 saturated carbocycles. The van der Waals surface area contributed by atoms with E-state index in [1.165, 1.54) is 12.1 Å². The maximum absolute atomic E-state index is 12.6. The molecule has 1 heterocycles. The molecule has 0 radical (unpaired) electrons. The number of hydrogen-bond donors (Lipinski definition) is 0. The molecule has 1 fully saturated rings. The number of hydrogen-bond acceptors (Lipinski definition) is 2. The van der Waals surface area contributed by atoms with Gasteiger partial charge in [-0.05, 0) is 24.3 Å². The highest BCUT2D eigenvalue weighted by Gasteiger charge is 2.18. The summed E-state index contributed by atoms with van der Waals surface area (Å²) in [6.45, 7) is 1.22. The molecular formula is C10H10FNO. The van der Waals surface area contributed by atoms with Crippen molar-refractivity contribution >= 4 is 11.5 Å². The molecule has 1 aliphatic heterocycles. The molecule has 1 saturated heterocycles. The van der Waals surface area contributed by atoms with Gasteiger partial charge < -0.3 is 4.90 Å². The molecule has 2 rings (SSSR count). The quantitative estimate of drug-likeness (QED) is 0.652. The number of halogens is 1. The van der Waals surface area contributed by atoms with Crippen LogP contribution in [0.3, 0.4) is 0 Å². The Bertz CT molecular complexity index is 320. The largest absolute Gasteiger partial charge is 0.364 e. The van der Waals surface area contributed by atoms with Crippen molar-refractivity contribution in [1.82, 2.24) is 0 Å². The van der Waals surface area contributed by atoms with Crippen LogP contribution < -0.4 is 4.90 Å².